The van der Waals surface area contributed by atoms with Crippen molar-refractivity contribution in [1.29, 1.82) is 0 Å². The largest absolute Gasteiger partial charge is 0.294 e. The molecule has 0 saturated carbocycles. The number of benzene rings is 1. The second kappa shape index (κ2) is 3.11. The standard InChI is InChI=1S/C8H5NO6S/c10-7-5-2-1-4(16(13,14)15)3-6(5)8(11)9(7)12/h1-3,12H,(H,13,14,15). The Kier molecular flexibility index (Phi) is 2.09. The molecule has 2 N–H and O–H groups in total. The summed E-state index contributed by atoms with van der Waals surface area (Å²) in [6.45, 7) is 0. The monoisotopic (exact) mass is 243 g/mol. The van der Waals surface area contributed by atoms with Crippen LogP contribution in [0.1, 0.15) is 20.7 Å². The van der Waals surface area contributed by atoms with Gasteiger partial charge in [-0.05, 0) is 18.2 Å². The first-order chi connectivity index (χ1) is 7.32. The van der Waals surface area contributed by atoms with Gasteiger partial charge in [0, 0.05) is 0 Å². The van der Waals surface area contributed by atoms with Crippen LogP contribution in [0.3, 0.4) is 0 Å². The summed E-state index contributed by atoms with van der Waals surface area (Å²) < 4.78 is 30.3. The molecule has 0 spiro atoms. The molecular formula is C8H5NO6S. The first-order valence-electron chi connectivity index (χ1n) is 4.01. The molecule has 2 rings (SSSR count). The van der Waals surface area contributed by atoms with Gasteiger partial charge < -0.3 is 0 Å². The third kappa shape index (κ3) is 1.40. The van der Waals surface area contributed by atoms with Gasteiger partial charge >= 0.3 is 0 Å². The van der Waals surface area contributed by atoms with Gasteiger partial charge in [0.05, 0.1) is 16.0 Å². The molecular weight excluding hydrogens is 238 g/mol. The van der Waals surface area contributed by atoms with Gasteiger partial charge in [-0.2, -0.15) is 8.42 Å². The molecule has 0 saturated heterocycles. The summed E-state index contributed by atoms with van der Waals surface area (Å²) in [5.41, 5.74) is -0.373. The van der Waals surface area contributed by atoms with Gasteiger partial charge in [-0.3, -0.25) is 19.3 Å². The lowest BCUT2D eigenvalue weighted by atomic mass is 10.1. The summed E-state index contributed by atoms with van der Waals surface area (Å²) in [6, 6.07) is 2.86. The summed E-state index contributed by atoms with van der Waals surface area (Å²) >= 11 is 0. The summed E-state index contributed by atoms with van der Waals surface area (Å²) in [5, 5.41) is 8.89. The number of hydroxylamine groups is 2. The second-order valence-corrected chi connectivity index (χ2v) is 4.53. The third-order valence-electron chi connectivity index (χ3n) is 2.13. The zero-order valence-electron chi connectivity index (χ0n) is 7.61. The molecule has 1 aliphatic rings. The normalized spacial score (nSPS) is 15.5. The summed E-state index contributed by atoms with van der Waals surface area (Å²) in [5.74, 6) is -1.95. The smallest absolute Gasteiger partial charge is 0.282 e. The summed E-state index contributed by atoms with van der Waals surface area (Å²) in [7, 11) is -4.45. The van der Waals surface area contributed by atoms with E-state index in [2.05, 4.69) is 0 Å². The second-order valence-electron chi connectivity index (χ2n) is 3.10. The number of nitrogens with zero attached hydrogens (tertiary/aromatic N) is 1. The van der Waals surface area contributed by atoms with Crippen LogP contribution < -0.4 is 0 Å². The fourth-order valence-electron chi connectivity index (χ4n) is 1.37. The van der Waals surface area contributed by atoms with Crippen molar-refractivity contribution in [2.24, 2.45) is 0 Å². The molecule has 84 valence electrons. The average molecular weight is 243 g/mol. The third-order valence-corrected chi connectivity index (χ3v) is 2.98. The molecule has 1 heterocycles. The van der Waals surface area contributed by atoms with E-state index < -0.39 is 26.8 Å². The summed E-state index contributed by atoms with van der Waals surface area (Å²) in [4.78, 5) is 22.0. The Morgan fingerprint density at radius 2 is 1.62 bits per heavy atom. The molecule has 16 heavy (non-hydrogen) atoms. The molecule has 0 aliphatic carbocycles. The Morgan fingerprint density at radius 1 is 1.06 bits per heavy atom. The van der Waals surface area contributed by atoms with Gasteiger partial charge in [0.2, 0.25) is 0 Å². The SMILES string of the molecule is O=C1c2ccc(S(=O)(=O)O)cc2C(=O)N1O. The molecule has 0 aromatic heterocycles. The molecule has 1 aromatic carbocycles. The van der Waals surface area contributed by atoms with E-state index in [9.17, 15) is 18.0 Å². The van der Waals surface area contributed by atoms with Crippen molar-refractivity contribution >= 4 is 21.9 Å². The van der Waals surface area contributed by atoms with Crippen molar-refractivity contribution in [3.05, 3.63) is 29.3 Å². The van der Waals surface area contributed by atoms with Gasteiger partial charge in [-0.25, -0.2) is 0 Å². The molecule has 8 heteroatoms. The molecule has 0 radical (unpaired) electrons. The molecule has 0 bridgehead atoms. The average Bonchev–Trinajstić information content (AvgIpc) is 2.43. The van der Waals surface area contributed by atoms with Crippen LogP contribution in [0.2, 0.25) is 0 Å². The predicted molar refractivity (Wildman–Crippen MR) is 48.5 cm³/mol. The van der Waals surface area contributed by atoms with Crippen LogP contribution >= 0.6 is 0 Å². The maximum Gasteiger partial charge on any atom is 0.294 e. The van der Waals surface area contributed by atoms with Crippen LogP contribution in [0.5, 0.6) is 0 Å². The van der Waals surface area contributed by atoms with Crippen LogP contribution in [0.4, 0.5) is 0 Å². The first-order valence-corrected chi connectivity index (χ1v) is 5.45. The Morgan fingerprint density at radius 3 is 2.19 bits per heavy atom. The van der Waals surface area contributed by atoms with E-state index in [1.165, 1.54) is 0 Å². The highest BCUT2D eigenvalue weighted by Gasteiger charge is 2.35. The number of rotatable bonds is 1. The molecule has 1 aromatic rings. The van der Waals surface area contributed by atoms with Crippen molar-refractivity contribution < 1.29 is 27.8 Å². The molecule has 7 nitrogen and oxygen atoms in total. The number of carbonyl (C=O) groups excluding carboxylic acids is 2. The Bertz CT molecular complexity index is 605. The van der Waals surface area contributed by atoms with Gasteiger partial charge in [-0.15, -0.1) is 5.06 Å². The van der Waals surface area contributed by atoms with Crippen LogP contribution in [-0.2, 0) is 10.1 Å². The van der Waals surface area contributed by atoms with Crippen LogP contribution in [0.25, 0.3) is 0 Å². The molecule has 1 aliphatic heterocycles. The Balaban J connectivity index is 2.67. The van der Waals surface area contributed by atoms with Crippen LogP contribution in [0.15, 0.2) is 23.1 Å². The van der Waals surface area contributed by atoms with E-state index in [0.29, 0.717) is 0 Å². The molecule has 2 amide bonds. The van der Waals surface area contributed by atoms with E-state index in [-0.39, 0.29) is 16.2 Å². The molecule has 0 unspecified atom stereocenters. The van der Waals surface area contributed by atoms with Gasteiger partial charge in [0.1, 0.15) is 0 Å². The number of imide groups is 1. The van der Waals surface area contributed by atoms with Crippen molar-refractivity contribution in [2.75, 3.05) is 0 Å². The fraction of sp³-hybridized carbons (Fsp3) is 0. The summed E-state index contributed by atoms with van der Waals surface area (Å²) in [6.07, 6.45) is 0. The van der Waals surface area contributed by atoms with Gasteiger partial charge in [0.15, 0.2) is 0 Å². The van der Waals surface area contributed by atoms with Gasteiger partial charge in [0.25, 0.3) is 21.9 Å². The van der Waals surface area contributed by atoms with E-state index >= 15 is 0 Å². The minimum Gasteiger partial charge on any atom is -0.282 e. The highest BCUT2D eigenvalue weighted by molar-refractivity contribution is 7.85. The lowest BCUT2D eigenvalue weighted by Gasteiger charge is -1.99. The lowest BCUT2D eigenvalue weighted by Crippen LogP contribution is -2.25. The maximum atomic E-state index is 11.3. The van der Waals surface area contributed by atoms with Crippen LogP contribution in [-0.4, -0.2) is 35.1 Å². The molecule has 0 atom stereocenters. The molecule has 0 fully saturated rings. The number of hydrogen-bond donors (Lipinski definition) is 2. The first kappa shape index (κ1) is 10.7. The quantitative estimate of drug-likeness (QED) is 0.405. The highest BCUT2D eigenvalue weighted by Crippen LogP contribution is 2.24. The topological polar surface area (TPSA) is 112 Å². The number of hydrogen-bond acceptors (Lipinski definition) is 5. The minimum absolute atomic E-state index is 0.111. The maximum absolute atomic E-state index is 11.3. The van der Waals surface area contributed by atoms with Crippen LogP contribution in [0, 0.1) is 0 Å². The van der Waals surface area contributed by atoms with Crippen molar-refractivity contribution in [3.63, 3.8) is 0 Å². The van der Waals surface area contributed by atoms with Crippen molar-refractivity contribution in [1.82, 2.24) is 5.06 Å². The zero-order valence-corrected chi connectivity index (χ0v) is 8.43. The van der Waals surface area contributed by atoms with E-state index in [1.54, 1.807) is 0 Å². The van der Waals surface area contributed by atoms with E-state index in [0.717, 1.165) is 18.2 Å². The van der Waals surface area contributed by atoms with Crippen molar-refractivity contribution in [3.8, 4) is 0 Å². The predicted octanol–water partition coefficient (Wildman–Crippen LogP) is -0.0815. The van der Waals surface area contributed by atoms with E-state index in [1.807, 2.05) is 0 Å². The highest BCUT2D eigenvalue weighted by atomic mass is 32.2. The Hall–Kier alpha value is -1.77. The van der Waals surface area contributed by atoms with Crippen molar-refractivity contribution in [2.45, 2.75) is 4.90 Å². The van der Waals surface area contributed by atoms with Gasteiger partial charge in [-0.1, -0.05) is 0 Å². The number of carbonyl (C=O) groups is 2. The fourth-order valence-corrected chi connectivity index (χ4v) is 1.87. The Labute approximate surface area is 89.6 Å². The minimum atomic E-state index is -4.45. The lowest BCUT2D eigenvalue weighted by molar-refractivity contribution is -0.0327. The number of fused-ring (bicyclic) bond motifs is 1. The van der Waals surface area contributed by atoms with E-state index in [4.69, 9.17) is 9.76 Å². The zero-order chi connectivity index (χ0) is 12.1. The number of amides is 2.